The molecule has 0 saturated heterocycles. The smallest absolute Gasteiger partial charge is 0.446 e. The lowest BCUT2D eigenvalue weighted by Crippen LogP contribution is -2.12. The van der Waals surface area contributed by atoms with Gasteiger partial charge in [0.2, 0.25) is 5.22 Å². The van der Waals surface area contributed by atoms with Crippen LogP contribution < -0.4 is 5.32 Å². The number of nitrogens with one attached hydrogen (secondary N) is 1. The Morgan fingerprint density at radius 1 is 1.25 bits per heavy atom. The monoisotopic (exact) mass is 321 g/mol. The van der Waals surface area contributed by atoms with E-state index in [-0.39, 0.29) is 33.1 Å². The molecule has 3 nitrogen and oxygen atoms in total. The number of amides is 1. The zero-order valence-electron chi connectivity index (χ0n) is 9.70. The van der Waals surface area contributed by atoms with Crippen molar-refractivity contribution in [2.75, 3.05) is 5.32 Å². The van der Waals surface area contributed by atoms with Crippen molar-refractivity contribution >= 4 is 35.0 Å². The van der Waals surface area contributed by atoms with Gasteiger partial charge in [-0.15, -0.1) is 0 Å². The Morgan fingerprint density at radius 3 is 2.55 bits per heavy atom. The number of halogens is 4. The second kappa shape index (κ2) is 5.80. The molecular weight excluding hydrogens is 315 g/mol. The molecule has 0 aliphatic heterocycles. The Bertz CT molecular complexity index is 627. The molecule has 20 heavy (non-hydrogen) atoms. The van der Waals surface area contributed by atoms with E-state index in [1.165, 1.54) is 36.6 Å². The summed E-state index contributed by atoms with van der Waals surface area (Å²) in [5, 5.41) is 2.25. The number of para-hydroxylation sites is 1. The van der Waals surface area contributed by atoms with Gasteiger partial charge in [0.05, 0.1) is 17.5 Å². The molecule has 0 saturated carbocycles. The molecule has 0 spiro atoms. The highest BCUT2D eigenvalue weighted by Gasteiger charge is 2.30. The van der Waals surface area contributed by atoms with Gasteiger partial charge in [0.15, 0.2) is 0 Å². The molecule has 0 aliphatic carbocycles. The molecule has 0 atom stereocenters. The van der Waals surface area contributed by atoms with Gasteiger partial charge in [-0.2, -0.15) is 13.2 Å². The Balaban J connectivity index is 2.22. The third-order valence-corrected chi connectivity index (χ3v) is 3.32. The van der Waals surface area contributed by atoms with Crippen molar-refractivity contribution in [3.63, 3.8) is 0 Å². The van der Waals surface area contributed by atoms with Crippen LogP contribution in [0.15, 0.2) is 45.9 Å². The molecule has 0 unspecified atom stereocenters. The average molecular weight is 322 g/mol. The van der Waals surface area contributed by atoms with E-state index in [0.29, 0.717) is 0 Å². The summed E-state index contributed by atoms with van der Waals surface area (Å²) in [7, 11) is 0. The predicted octanol–water partition coefficient (Wildman–Crippen LogP) is 4.80. The van der Waals surface area contributed by atoms with Crippen LogP contribution in [0.5, 0.6) is 0 Å². The maximum atomic E-state index is 12.4. The number of thioether (sulfide) groups is 1. The normalized spacial score (nSPS) is 11.4. The van der Waals surface area contributed by atoms with Crippen molar-refractivity contribution in [1.29, 1.82) is 0 Å². The first kappa shape index (κ1) is 14.8. The molecule has 1 amide bonds. The molecule has 2 aromatic rings. The molecule has 1 aromatic carbocycles. The zero-order chi connectivity index (χ0) is 14.8. The molecular formula is C12H7ClF3NO2S. The SMILES string of the molecule is O=C(Nc1ccccc1SC(F)(F)F)c1ccoc1Cl. The lowest BCUT2D eigenvalue weighted by atomic mass is 10.3. The van der Waals surface area contributed by atoms with Crippen molar-refractivity contribution < 1.29 is 22.4 Å². The second-order valence-electron chi connectivity index (χ2n) is 3.61. The van der Waals surface area contributed by atoms with E-state index in [9.17, 15) is 18.0 Å². The van der Waals surface area contributed by atoms with E-state index in [2.05, 4.69) is 5.32 Å². The van der Waals surface area contributed by atoms with Crippen molar-refractivity contribution in [2.24, 2.45) is 0 Å². The quantitative estimate of drug-likeness (QED) is 0.826. The number of hydrogen-bond acceptors (Lipinski definition) is 3. The summed E-state index contributed by atoms with van der Waals surface area (Å²) in [5.74, 6) is -0.640. The molecule has 8 heteroatoms. The topological polar surface area (TPSA) is 42.2 Å². The zero-order valence-corrected chi connectivity index (χ0v) is 11.3. The summed E-state index contributed by atoms with van der Waals surface area (Å²) in [5.41, 5.74) is -4.33. The van der Waals surface area contributed by atoms with Gasteiger partial charge < -0.3 is 9.73 Å². The molecule has 1 heterocycles. The van der Waals surface area contributed by atoms with Crippen LogP contribution in [0.1, 0.15) is 10.4 Å². The number of carbonyl (C=O) groups is 1. The van der Waals surface area contributed by atoms with Crippen molar-refractivity contribution in [3.05, 3.63) is 47.4 Å². The fourth-order valence-corrected chi connectivity index (χ4v) is 2.25. The van der Waals surface area contributed by atoms with Crippen LogP contribution in [0.2, 0.25) is 5.22 Å². The van der Waals surface area contributed by atoms with Crippen molar-refractivity contribution in [3.8, 4) is 0 Å². The van der Waals surface area contributed by atoms with Gasteiger partial charge in [-0.3, -0.25) is 4.79 Å². The minimum atomic E-state index is -4.44. The Hall–Kier alpha value is -1.60. The van der Waals surface area contributed by atoms with E-state index >= 15 is 0 Å². The van der Waals surface area contributed by atoms with Crippen LogP contribution in [-0.4, -0.2) is 11.4 Å². The summed E-state index contributed by atoms with van der Waals surface area (Å²) in [6.07, 6.45) is 1.22. The molecule has 106 valence electrons. The third-order valence-electron chi connectivity index (χ3n) is 2.22. The molecule has 0 fully saturated rings. The second-order valence-corrected chi connectivity index (χ2v) is 5.06. The first-order chi connectivity index (χ1) is 9.37. The summed E-state index contributed by atoms with van der Waals surface area (Å²) in [6, 6.07) is 6.95. The maximum Gasteiger partial charge on any atom is 0.446 e. The average Bonchev–Trinajstić information content (AvgIpc) is 2.76. The van der Waals surface area contributed by atoms with E-state index in [1.807, 2.05) is 0 Å². The van der Waals surface area contributed by atoms with Crippen molar-refractivity contribution in [1.82, 2.24) is 0 Å². The van der Waals surface area contributed by atoms with Crippen LogP contribution >= 0.6 is 23.4 Å². The molecule has 2 rings (SSSR count). The third kappa shape index (κ3) is 3.71. The number of rotatable bonds is 3. The Labute approximate surface area is 121 Å². The van der Waals surface area contributed by atoms with Crippen LogP contribution in [-0.2, 0) is 0 Å². The van der Waals surface area contributed by atoms with Gasteiger partial charge in [-0.05, 0) is 41.6 Å². The first-order valence-corrected chi connectivity index (χ1v) is 6.45. The van der Waals surface area contributed by atoms with Gasteiger partial charge in [-0.25, -0.2) is 0 Å². The standard InChI is InChI=1S/C12H7ClF3NO2S/c13-10-7(5-6-19-10)11(18)17-8-3-1-2-4-9(8)20-12(14,15)16/h1-6H,(H,17,18). The van der Waals surface area contributed by atoms with E-state index in [0.717, 1.165) is 0 Å². The number of alkyl halides is 3. The summed E-state index contributed by atoms with van der Waals surface area (Å²) < 4.78 is 42.0. The minimum Gasteiger partial charge on any atom is -0.452 e. The van der Waals surface area contributed by atoms with Crippen LogP contribution in [0, 0.1) is 0 Å². The molecule has 1 N–H and O–H groups in total. The number of hydrogen-bond donors (Lipinski definition) is 1. The minimum absolute atomic E-state index is 0.0529. The van der Waals surface area contributed by atoms with Gasteiger partial charge in [0.25, 0.3) is 5.91 Å². The Morgan fingerprint density at radius 2 is 1.95 bits per heavy atom. The number of anilines is 1. The van der Waals surface area contributed by atoms with Crippen molar-refractivity contribution in [2.45, 2.75) is 10.4 Å². The van der Waals surface area contributed by atoms with Gasteiger partial charge in [0, 0.05) is 4.90 Å². The largest absolute Gasteiger partial charge is 0.452 e. The van der Waals surface area contributed by atoms with E-state index in [1.54, 1.807) is 0 Å². The molecule has 0 bridgehead atoms. The van der Waals surface area contributed by atoms with Crippen LogP contribution in [0.3, 0.4) is 0 Å². The fourth-order valence-electron chi connectivity index (χ4n) is 1.43. The predicted molar refractivity (Wildman–Crippen MR) is 70.0 cm³/mol. The van der Waals surface area contributed by atoms with Gasteiger partial charge in [0.1, 0.15) is 0 Å². The molecule has 0 aliphatic rings. The van der Waals surface area contributed by atoms with Crippen LogP contribution in [0.4, 0.5) is 18.9 Å². The summed E-state index contributed by atoms with van der Waals surface area (Å²) in [6.45, 7) is 0. The lowest BCUT2D eigenvalue weighted by Gasteiger charge is -2.11. The number of benzene rings is 1. The highest BCUT2D eigenvalue weighted by atomic mass is 35.5. The number of furan rings is 1. The summed E-state index contributed by atoms with van der Waals surface area (Å²) in [4.78, 5) is 11.8. The Kier molecular flexibility index (Phi) is 4.29. The lowest BCUT2D eigenvalue weighted by molar-refractivity contribution is -0.0328. The van der Waals surface area contributed by atoms with Gasteiger partial charge in [-0.1, -0.05) is 12.1 Å². The highest BCUT2D eigenvalue weighted by Crippen LogP contribution is 2.40. The van der Waals surface area contributed by atoms with Gasteiger partial charge >= 0.3 is 5.51 Å². The molecule has 0 radical (unpaired) electrons. The van der Waals surface area contributed by atoms with E-state index in [4.69, 9.17) is 16.0 Å². The maximum absolute atomic E-state index is 12.4. The van der Waals surface area contributed by atoms with Crippen LogP contribution in [0.25, 0.3) is 0 Å². The fraction of sp³-hybridized carbons (Fsp3) is 0.0833. The highest BCUT2D eigenvalue weighted by molar-refractivity contribution is 8.00. The van der Waals surface area contributed by atoms with E-state index < -0.39 is 11.4 Å². The summed E-state index contributed by atoms with van der Waals surface area (Å²) >= 11 is 5.33. The first-order valence-electron chi connectivity index (χ1n) is 5.26. The number of carbonyl (C=O) groups excluding carboxylic acids is 1. The molecule has 1 aromatic heterocycles.